The standard InChI is InChI=1S/C17H16FNO2S2/c18-13-8-6-12(7-9-13)16(20)19-10-2-1-4-14(17(19)21)23-15-5-3-11-22-15/h3,5-9,11,14H,1-2,4,10H2/t14-/m0/s1. The minimum absolute atomic E-state index is 0.143. The van der Waals surface area contributed by atoms with Crippen LogP contribution in [-0.2, 0) is 4.79 Å². The van der Waals surface area contributed by atoms with E-state index in [0.29, 0.717) is 12.1 Å². The van der Waals surface area contributed by atoms with Crippen LogP contribution in [0.3, 0.4) is 0 Å². The van der Waals surface area contributed by atoms with Crippen molar-refractivity contribution in [2.45, 2.75) is 28.7 Å². The van der Waals surface area contributed by atoms with Gasteiger partial charge in [-0.15, -0.1) is 23.1 Å². The second-order valence-electron chi connectivity index (χ2n) is 5.34. The van der Waals surface area contributed by atoms with Gasteiger partial charge in [0.2, 0.25) is 5.91 Å². The molecule has 3 rings (SSSR count). The van der Waals surface area contributed by atoms with E-state index in [-0.39, 0.29) is 17.1 Å². The number of imide groups is 1. The lowest BCUT2D eigenvalue weighted by Crippen LogP contribution is -2.41. The SMILES string of the molecule is O=C(c1ccc(F)cc1)N1CCCC[C@H](Sc2cccs2)C1=O. The molecule has 1 fully saturated rings. The Morgan fingerprint density at radius 1 is 1.22 bits per heavy atom. The molecule has 0 N–H and O–H groups in total. The highest BCUT2D eigenvalue weighted by Gasteiger charge is 2.32. The minimum atomic E-state index is -0.394. The molecule has 1 atom stereocenters. The summed E-state index contributed by atoms with van der Waals surface area (Å²) in [6, 6.07) is 9.28. The van der Waals surface area contributed by atoms with E-state index in [1.165, 1.54) is 40.9 Å². The number of benzene rings is 1. The first-order valence-electron chi connectivity index (χ1n) is 7.46. The number of likely N-dealkylation sites (tertiary alicyclic amines) is 1. The second kappa shape index (κ2) is 7.27. The number of nitrogens with zero attached hydrogens (tertiary/aromatic N) is 1. The minimum Gasteiger partial charge on any atom is -0.278 e. The quantitative estimate of drug-likeness (QED) is 0.779. The maximum atomic E-state index is 13.0. The third-order valence-electron chi connectivity index (χ3n) is 3.73. The normalized spacial score (nSPS) is 18.7. The van der Waals surface area contributed by atoms with E-state index >= 15 is 0 Å². The Bertz CT molecular complexity index is 685. The summed E-state index contributed by atoms with van der Waals surface area (Å²) < 4.78 is 14.1. The molecule has 0 radical (unpaired) electrons. The van der Waals surface area contributed by atoms with Crippen molar-refractivity contribution in [3.63, 3.8) is 0 Å². The largest absolute Gasteiger partial charge is 0.278 e. The highest BCUT2D eigenvalue weighted by atomic mass is 32.2. The summed E-state index contributed by atoms with van der Waals surface area (Å²) in [6.45, 7) is 0.427. The van der Waals surface area contributed by atoms with Crippen LogP contribution in [0.2, 0.25) is 0 Å². The first-order valence-corrected chi connectivity index (χ1v) is 9.22. The van der Waals surface area contributed by atoms with Crippen molar-refractivity contribution >= 4 is 34.9 Å². The van der Waals surface area contributed by atoms with Gasteiger partial charge in [0, 0.05) is 12.1 Å². The Labute approximate surface area is 142 Å². The fourth-order valence-electron chi connectivity index (χ4n) is 2.54. The van der Waals surface area contributed by atoms with Crippen molar-refractivity contribution in [3.05, 3.63) is 53.2 Å². The summed E-state index contributed by atoms with van der Waals surface area (Å²) >= 11 is 3.13. The van der Waals surface area contributed by atoms with Gasteiger partial charge in [0.15, 0.2) is 0 Å². The van der Waals surface area contributed by atoms with Crippen molar-refractivity contribution in [1.29, 1.82) is 0 Å². The van der Waals surface area contributed by atoms with Crippen LogP contribution in [0.1, 0.15) is 29.6 Å². The first kappa shape index (κ1) is 16.2. The van der Waals surface area contributed by atoms with Crippen LogP contribution in [0.4, 0.5) is 4.39 Å². The fraction of sp³-hybridized carbons (Fsp3) is 0.294. The van der Waals surface area contributed by atoms with Crippen LogP contribution in [0.15, 0.2) is 46.0 Å². The molecule has 1 aromatic heterocycles. The van der Waals surface area contributed by atoms with Crippen molar-refractivity contribution in [2.75, 3.05) is 6.54 Å². The molecule has 6 heteroatoms. The van der Waals surface area contributed by atoms with Gasteiger partial charge < -0.3 is 0 Å². The molecule has 23 heavy (non-hydrogen) atoms. The van der Waals surface area contributed by atoms with Crippen molar-refractivity contribution < 1.29 is 14.0 Å². The van der Waals surface area contributed by atoms with E-state index in [9.17, 15) is 14.0 Å². The summed E-state index contributed by atoms with van der Waals surface area (Å²) in [5.74, 6) is -0.876. The third-order valence-corrected chi connectivity index (χ3v) is 6.06. The number of thioether (sulfide) groups is 1. The molecule has 0 aliphatic carbocycles. The number of carbonyl (C=O) groups excluding carboxylic acids is 2. The van der Waals surface area contributed by atoms with E-state index in [2.05, 4.69) is 0 Å². The zero-order valence-electron chi connectivity index (χ0n) is 12.4. The van der Waals surface area contributed by atoms with E-state index in [0.717, 1.165) is 23.5 Å². The average Bonchev–Trinajstić information content (AvgIpc) is 2.99. The number of rotatable bonds is 3. The van der Waals surface area contributed by atoms with Crippen LogP contribution >= 0.6 is 23.1 Å². The van der Waals surface area contributed by atoms with Gasteiger partial charge in [0.1, 0.15) is 5.82 Å². The van der Waals surface area contributed by atoms with Crippen molar-refractivity contribution in [3.8, 4) is 0 Å². The maximum Gasteiger partial charge on any atom is 0.260 e. The smallest absolute Gasteiger partial charge is 0.260 e. The molecule has 1 aliphatic rings. The van der Waals surface area contributed by atoms with Crippen LogP contribution in [-0.4, -0.2) is 28.5 Å². The van der Waals surface area contributed by atoms with E-state index in [1.54, 1.807) is 11.3 Å². The molecule has 1 aromatic carbocycles. The summed E-state index contributed by atoms with van der Waals surface area (Å²) in [5.41, 5.74) is 0.349. The lowest BCUT2D eigenvalue weighted by Gasteiger charge is -2.22. The number of halogens is 1. The Morgan fingerprint density at radius 3 is 2.70 bits per heavy atom. The molecule has 1 saturated heterocycles. The number of hydrogen-bond donors (Lipinski definition) is 0. The monoisotopic (exact) mass is 349 g/mol. The fourth-order valence-corrected chi connectivity index (χ4v) is 4.67. The van der Waals surface area contributed by atoms with Crippen LogP contribution < -0.4 is 0 Å². The van der Waals surface area contributed by atoms with Gasteiger partial charge in [0.05, 0.1) is 9.46 Å². The molecule has 2 aromatic rings. The van der Waals surface area contributed by atoms with Gasteiger partial charge in [-0.3, -0.25) is 14.5 Å². The highest BCUT2D eigenvalue weighted by Crippen LogP contribution is 2.33. The van der Waals surface area contributed by atoms with Crippen molar-refractivity contribution in [1.82, 2.24) is 4.90 Å². The van der Waals surface area contributed by atoms with E-state index in [1.807, 2.05) is 17.5 Å². The van der Waals surface area contributed by atoms with Gasteiger partial charge in [-0.25, -0.2) is 4.39 Å². The van der Waals surface area contributed by atoms with Gasteiger partial charge >= 0.3 is 0 Å². The molecule has 120 valence electrons. The van der Waals surface area contributed by atoms with Gasteiger partial charge in [-0.2, -0.15) is 0 Å². The van der Waals surface area contributed by atoms with Crippen molar-refractivity contribution in [2.24, 2.45) is 0 Å². The van der Waals surface area contributed by atoms with Gasteiger partial charge in [0.25, 0.3) is 5.91 Å². The number of carbonyl (C=O) groups is 2. The lowest BCUT2D eigenvalue weighted by molar-refractivity contribution is -0.127. The Kier molecular flexibility index (Phi) is 5.13. The molecule has 2 amide bonds. The summed E-state index contributed by atoms with van der Waals surface area (Å²) in [4.78, 5) is 26.7. The van der Waals surface area contributed by atoms with Gasteiger partial charge in [-0.1, -0.05) is 12.5 Å². The molecule has 0 bridgehead atoms. The predicted molar refractivity (Wildman–Crippen MR) is 90.3 cm³/mol. The number of amides is 2. The predicted octanol–water partition coefficient (Wildman–Crippen LogP) is 4.20. The molecule has 3 nitrogen and oxygen atoms in total. The molecule has 2 heterocycles. The molecular weight excluding hydrogens is 333 g/mol. The first-order chi connectivity index (χ1) is 11.1. The zero-order chi connectivity index (χ0) is 16.2. The number of thiophene rings is 1. The Balaban J connectivity index is 1.78. The molecule has 0 unspecified atom stereocenters. The van der Waals surface area contributed by atoms with Crippen LogP contribution in [0.5, 0.6) is 0 Å². The molecular formula is C17H16FNO2S2. The lowest BCUT2D eigenvalue weighted by atomic mass is 10.2. The Morgan fingerprint density at radius 2 is 2.00 bits per heavy atom. The second-order valence-corrected chi connectivity index (χ2v) is 7.79. The average molecular weight is 349 g/mol. The summed E-state index contributed by atoms with van der Waals surface area (Å²) in [7, 11) is 0. The maximum absolute atomic E-state index is 13.0. The molecule has 0 spiro atoms. The van der Waals surface area contributed by atoms with E-state index in [4.69, 9.17) is 0 Å². The Hall–Kier alpha value is -1.66. The topological polar surface area (TPSA) is 37.4 Å². The molecule has 1 aliphatic heterocycles. The van der Waals surface area contributed by atoms with Gasteiger partial charge in [-0.05, 0) is 48.6 Å². The summed E-state index contributed by atoms with van der Waals surface area (Å²) in [6.07, 6.45) is 2.50. The summed E-state index contributed by atoms with van der Waals surface area (Å²) in [5, 5.41) is 1.74. The third kappa shape index (κ3) is 3.82. The number of hydrogen-bond acceptors (Lipinski definition) is 4. The van der Waals surface area contributed by atoms with E-state index < -0.39 is 5.82 Å². The molecule has 0 saturated carbocycles. The zero-order valence-corrected chi connectivity index (χ0v) is 14.0. The van der Waals surface area contributed by atoms with Crippen LogP contribution in [0, 0.1) is 5.82 Å². The highest BCUT2D eigenvalue weighted by molar-refractivity contribution is 8.02. The van der Waals surface area contributed by atoms with Crippen LogP contribution in [0.25, 0.3) is 0 Å².